The zero-order valence-electron chi connectivity index (χ0n) is 11.5. The SMILES string of the molecule is CC(C)C(C)(C)CNCc1cc(F)ccc1C#N. The molecule has 0 aliphatic rings. The molecule has 0 fully saturated rings. The van der Waals surface area contributed by atoms with Crippen LogP contribution in [0.5, 0.6) is 0 Å². The second-order valence-electron chi connectivity index (χ2n) is 5.66. The average Bonchev–Trinajstić information content (AvgIpc) is 2.29. The zero-order chi connectivity index (χ0) is 13.8. The standard InChI is InChI=1S/C15H21FN2/c1-11(2)15(3,4)10-18-9-13-7-14(16)6-5-12(13)8-17/h5-7,11,18H,9-10H2,1-4H3. The maximum Gasteiger partial charge on any atom is 0.123 e. The lowest BCUT2D eigenvalue weighted by Gasteiger charge is -2.29. The van der Waals surface area contributed by atoms with Gasteiger partial charge in [-0.05, 0) is 35.1 Å². The van der Waals surface area contributed by atoms with E-state index >= 15 is 0 Å². The summed E-state index contributed by atoms with van der Waals surface area (Å²) in [5.74, 6) is 0.266. The molecule has 2 nitrogen and oxygen atoms in total. The Morgan fingerprint density at radius 2 is 2.06 bits per heavy atom. The van der Waals surface area contributed by atoms with Crippen molar-refractivity contribution in [2.24, 2.45) is 11.3 Å². The van der Waals surface area contributed by atoms with Crippen LogP contribution in [-0.2, 0) is 6.54 Å². The van der Waals surface area contributed by atoms with Gasteiger partial charge in [0, 0.05) is 13.1 Å². The molecule has 0 unspecified atom stereocenters. The molecule has 0 radical (unpaired) electrons. The summed E-state index contributed by atoms with van der Waals surface area (Å²) in [4.78, 5) is 0. The molecule has 0 saturated carbocycles. The lowest BCUT2D eigenvalue weighted by molar-refractivity contribution is 0.238. The van der Waals surface area contributed by atoms with Crippen molar-refractivity contribution in [3.63, 3.8) is 0 Å². The molecule has 1 aromatic carbocycles. The first-order valence-corrected chi connectivity index (χ1v) is 6.26. The molecule has 0 atom stereocenters. The highest BCUT2D eigenvalue weighted by molar-refractivity contribution is 5.37. The highest BCUT2D eigenvalue weighted by Crippen LogP contribution is 2.24. The number of halogens is 1. The van der Waals surface area contributed by atoms with Crippen molar-refractivity contribution in [1.82, 2.24) is 5.32 Å². The van der Waals surface area contributed by atoms with Crippen LogP contribution in [0.25, 0.3) is 0 Å². The number of hydrogen-bond donors (Lipinski definition) is 1. The van der Waals surface area contributed by atoms with E-state index in [9.17, 15) is 4.39 Å². The second-order valence-corrected chi connectivity index (χ2v) is 5.66. The summed E-state index contributed by atoms with van der Waals surface area (Å²) in [6.07, 6.45) is 0. The molecule has 0 spiro atoms. The van der Waals surface area contributed by atoms with E-state index in [0.717, 1.165) is 12.1 Å². The molecule has 1 rings (SSSR count). The zero-order valence-corrected chi connectivity index (χ0v) is 11.5. The first-order chi connectivity index (χ1) is 8.36. The Hall–Kier alpha value is -1.40. The number of rotatable bonds is 5. The number of hydrogen-bond acceptors (Lipinski definition) is 2. The third-order valence-electron chi connectivity index (χ3n) is 3.65. The minimum atomic E-state index is -0.297. The van der Waals surface area contributed by atoms with E-state index in [4.69, 9.17) is 5.26 Å². The van der Waals surface area contributed by atoms with Gasteiger partial charge < -0.3 is 5.32 Å². The molecule has 0 aliphatic heterocycles. The summed E-state index contributed by atoms with van der Waals surface area (Å²) in [6, 6.07) is 6.36. The van der Waals surface area contributed by atoms with E-state index in [-0.39, 0.29) is 11.2 Å². The van der Waals surface area contributed by atoms with Crippen LogP contribution in [0.2, 0.25) is 0 Å². The van der Waals surface area contributed by atoms with E-state index in [0.29, 0.717) is 18.0 Å². The number of nitrogens with one attached hydrogen (secondary N) is 1. The van der Waals surface area contributed by atoms with Gasteiger partial charge in [0.25, 0.3) is 0 Å². The molecule has 1 N–H and O–H groups in total. The molecule has 0 bridgehead atoms. The van der Waals surface area contributed by atoms with Crippen LogP contribution in [0, 0.1) is 28.5 Å². The molecule has 1 aromatic rings. The summed E-state index contributed by atoms with van der Waals surface area (Å²) >= 11 is 0. The Bertz CT molecular complexity index is 444. The topological polar surface area (TPSA) is 35.8 Å². The average molecular weight is 248 g/mol. The molecule has 3 heteroatoms. The van der Waals surface area contributed by atoms with Gasteiger partial charge in [-0.15, -0.1) is 0 Å². The third-order valence-corrected chi connectivity index (χ3v) is 3.65. The maximum atomic E-state index is 13.1. The van der Waals surface area contributed by atoms with Crippen LogP contribution in [0.3, 0.4) is 0 Å². The van der Waals surface area contributed by atoms with Crippen LogP contribution in [0.1, 0.15) is 38.8 Å². The normalized spacial score (nSPS) is 11.6. The molecule has 98 valence electrons. The van der Waals surface area contributed by atoms with E-state index in [2.05, 4.69) is 39.1 Å². The highest BCUT2D eigenvalue weighted by Gasteiger charge is 2.21. The van der Waals surface area contributed by atoms with E-state index in [1.54, 1.807) is 0 Å². The van der Waals surface area contributed by atoms with E-state index in [1.165, 1.54) is 18.2 Å². The fourth-order valence-corrected chi connectivity index (χ4v) is 1.54. The lowest BCUT2D eigenvalue weighted by atomic mass is 9.81. The molecule has 0 saturated heterocycles. The Balaban J connectivity index is 2.65. The van der Waals surface area contributed by atoms with Crippen LogP contribution in [0.4, 0.5) is 4.39 Å². The first kappa shape index (κ1) is 14.7. The second kappa shape index (κ2) is 5.97. The Kier molecular flexibility index (Phi) is 4.86. The van der Waals surface area contributed by atoms with Gasteiger partial charge in [-0.2, -0.15) is 5.26 Å². The van der Waals surface area contributed by atoms with Gasteiger partial charge in [0.2, 0.25) is 0 Å². The summed E-state index contributed by atoms with van der Waals surface area (Å²) in [7, 11) is 0. The van der Waals surface area contributed by atoms with Crippen LogP contribution in [-0.4, -0.2) is 6.54 Å². The van der Waals surface area contributed by atoms with Gasteiger partial charge in [-0.3, -0.25) is 0 Å². The van der Waals surface area contributed by atoms with Gasteiger partial charge >= 0.3 is 0 Å². The molecule has 18 heavy (non-hydrogen) atoms. The van der Waals surface area contributed by atoms with Crippen molar-refractivity contribution < 1.29 is 4.39 Å². The number of nitrogens with zero attached hydrogens (tertiary/aromatic N) is 1. The minimum Gasteiger partial charge on any atom is -0.312 e. The van der Waals surface area contributed by atoms with Crippen molar-refractivity contribution in [3.05, 3.63) is 35.1 Å². The number of nitriles is 1. The van der Waals surface area contributed by atoms with Crippen LogP contribution < -0.4 is 5.32 Å². The molecule has 0 aliphatic carbocycles. The largest absolute Gasteiger partial charge is 0.312 e. The molecule has 0 amide bonds. The molecule has 0 aromatic heterocycles. The summed E-state index contributed by atoms with van der Waals surface area (Å²) in [5, 5.41) is 12.3. The van der Waals surface area contributed by atoms with Crippen molar-refractivity contribution >= 4 is 0 Å². The third kappa shape index (κ3) is 3.82. The smallest absolute Gasteiger partial charge is 0.123 e. The fourth-order valence-electron chi connectivity index (χ4n) is 1.54. The van der Waals surface area contributed by atoms with E-state index < -0.39 is 0 Å². The highest BCUT2D eigenvalue weighted by atomic mass is 19.1. The van der Waals surface area contributed by atoms with Gasteiger partial charge in [0.05, 0.1) is 11.6 Å². The Morgan fingerprint density at radius 1 is 1.39 bits per heavy atom. The predicted molar refractivity (Wildman–Crippen MR) is 71.4 cm³/mol. The van der Waals surface area contributed by atoms with Crippen LogP contribution in [0.15, 0.2) is 18.2 Å². The lowest BCUT2D eigenvalue weighted by Crippen LogP contribution is -2.33. The molecular formula is C15H21FN2. The Morgan fingerprint density at radius 3 is 2.61 bits per heavy atom. The first-order valence-electron chi connectivity index (χ1n) is 6.26. The Labute approximate surface area is 109 Å². The van der Waals surface area contributed by atoms with E-state index in [1.807, 2.05) is 0 Å². The molecular weight excluding hydrogens is 227 g/mol. The maximum absolute atomic E-state index is 13.1. The number of benzene rings is 1. The van der Waals surface area contributed by atoms with Gasteiger partial charge in [-0.1, -0.05) is 27.7 Å². The van der Waals surface area contributed by atoms with Gasteiger partial charge in [0.1, 0.15) is 5.82 Å². The summed E-state index contributed by atoms with van der Waals surface area (Å²) in [6.45, 7) is 10.1. The fraction of sp³-hybridized carbons (Fsp3) is 0.533. The van der Waals surface area contributed by atoms with Gasteiger partial charge in [0.15, 0.2) is 0 Å². The van der Waals surface area contributed by atoms with Crippen molar-refractivity contribution in [3.8, 4) is 6.07 Å². The molecule has 0 heterocycles. The summed E-state index contributed by atoms with van der Waals surface area (Å²) in [5.41, 5.74) is 1.43. The predicted octanol–water partition coefficient (Wildman–Crippen LogP) is 3.47. The quantitative estimate of drug-likeness (QED) is 0.866. The van der Waals surface area contributed by atoms with Crippen molar-refractivity contribution in [2.75, 3.05) is 6.54 Å². The van der Waals surface area contributed by atoms with Gasteiger partial charge in [-0.25, -0.2) is 4.39 Å². The monoisotopic (exact) mass is 248 g/mol. The van der Waals surface area contributed by atoms with Crippen LogP contribution >= 0.6 is 0 Å². The van der Waals surface area contributed by atoms with Crippen molar-refractivity contribution in [2.45, 2.75) is 34.2 Å². The summed E-state index contributed by atoms with van der Waals surface area (Å²) < 4.78 is 13.1. The minimum absolute atomic E-state index is 0.181. The van der Waals surface area contributed by atoms with Crippen molar-refractivity contribution in [1.29, 1.82) is 5.26 Å².